The normalized spacial score (nSPS) is 11.9. The Balaban J connectivity index is 3.16. The Morgan fingerprint density at radius 3 is 2.05 bits per heavy atom. The maximum atomic E-state index is 12.7. The maximum Gasteiger partial charge on any atom is 0.303 e. The lowest BCUT2D eigenvalue weighted by atomic mass is 10.0. The van der Waals surface area contributed by atoms with Gasteiger partial charge in [-0.15, -0.1) is 0 Å². The number of carboxylic acid groups (broad SMARTS) is 1. The van der Waals surface area contributed by atoms with Gasteiger partial charge in [0.1, 0.15) is 0 Å². The molecule has 0 atom stereocenters. The van der Waals surface area contributed by atoms with Gasteiger partial charge in [0.25, 0.3) is 0 Å². The molecule has 1 aromatic carbocycles. The molecule has 0 saturated heterocycles. The lowest BCUT2D eigenvalue weighted by Gasteiger charge is -2.21. The summed E-state index contributed by atoms with van der Waals surface area (Å²) in [5.41, 5.74) is 3.39. The van der Waals surface area contributed by atoms with E-state index in [0.29, 0.717) is 11.3 Å². The van der Waals surface area contributed by atoms with Gasteiger partial charge in [-0.1, -0.05) is 6.07 Å². The SMILES string of the molecule is Cc1cc(C)c(C)c(S(=O)(=O)N(C)CCCC(=O)O)c1C. The van der Waals surface area contributed by atoms with Crippen LogP contribution in [0.25, 0.3) is 0 Å². The van der Waals surface area contributed by atoms with Crippen molar-refractivity contribution in [2.75, 3.05) is 13.6 Å². The summed E-state index contributed by atoms with van der Waals surface area (Å²) in [4.78, 5) is 10.9. The molecule has 0 aromatic heterocycles. The van der Waals surface area contributed by atoms with Crippen molar-refractivity contribution in [3.63, 3.8) is 0 Å². The molecule has 0 heterocycles. The van der Waals surface area contributed by atoms with E-state index in [4.69, 9.17) is 5.11 Å². The molecule has 6 heteroatoms. The van der Waals surface area contributed by atoms with Crippen LogP contribution in [0.5, 0.6) is 0 Å². The van der Waals surface area contributed by atoms with Crippen LogP contribution in [0, 0.1) is 27.7 Å². The van der Waals surface area contributed by atoms with E-state index in [2.05, 4.69) is 0 Å². The number of aliphatic carboxylic acids is 1. The first-order valence-electron chi connectivity index (χ1n) is 6.84. The van der Waals surface area contributed by atoms with E-state index < -0.39 is 16.0 Å². The van der Waals surface area contributed by atoms with Crippen LogP contribution < -0.4 is 0 Å². The van der Waals surface area contributed by atoms with E-state index in [9.17, 15) is 13.2 Å². The number of carbonyl (C=O) groups is 1. The molecular formula is C15H23NO4S. The second kappa shape index (κ2) is 6.58. The van der Waals surface area contributed by atoms with Gasteiger partial charge < -0.3 is 5.11 Å². The quantitative estimate of drug-likeness (QED) is 0.875. The highest BCUT2D eigenvalue weighted by Crippen LogP contribution is 2.28. The summed E-state index contributed by atoms with van der Waals surface area (Å²) >= 11 is 0. The zero-order valence-corrected chi connectivity index (χ0v) is 14.0. The van der Waals surface area contributed by atoms with Crippen molar-refractivity contribution in [3.05, 3.63) is 28.3 Å². The molecule has 1 rings (SSSR count). The van der Waals surface area contributed by atoms with Crippen molar-refractivity contribution in [3.8, 4) is 0 Å². The molecule has 0 radical (unpaired) electrons. The fourth-order valence-corrected chi connectivity index (χ4v) is 4.07. The number of aryl methyl sites for hydroxylation is 2. The molecule has 0 spiro atoms. The Morgan fingerprint density at radius 1 is 1.14 bits per heavy atom. The second-order valence-corrected chi connectivity index (χ2v) is 7.40. The van der Waals surface area contributed by atoms with E-state index >= 15 is 0 Å². The molecule has 118 valence electrons. The minimum Gasteiger partial charge on any atom is -0.481 e. The highest BCUT2D eigenvalue weighted by Gasteiger charge is 2.26. The molecule has 1 aromatic rings. The number of carboxylic acids is 1. The summed E-state index contributed by atoms with van der Waals surface area (Å²) in [7, 11) is -2.11. The molecule has 0 amide bonds. The van der Waals surface area contributed by atoms with Crippen molar-refractivity contribution in [2.45, 2.75) is 45.4 Å². The van der Waals surface area contributed by atoms with Crippen molar-refractivity contribution in [2.24, 2.45) is 0 Å². The van der Waals surface area contributed by atoms with Gasteiger partial charge in [-0.25, -0.2) is 12.7 Å². The van der Waals surface area contributed by atoms with Gasteiger partial charge in [-0.2, -0.15) is 0 Å². The Kier molecular flexibility index (Phi) is 5.53. The van der Waals surface area contributed by atoms with Crippen LogP contribution in [0.3, 0.4) is 0 Å². The number of benzene rings is 1. The Hall–Kier alpha value is -1.40. The highest BCUT2D eigenvalue weighted by atomic mass is 32.2. The van der Waals surface area contributed by atoms with Gasteiger partial charge in [0.2, 0.25) is 10.0 Å². The number of hydrogen-bond donors (Lipinski definition) is 1. The topological polar surface area (TPSA) is 74.7 Å². The Morgan fingerprint density at radius 2 is 1.62 bits per heavy atom. The van der Waals surface area contributed by atoms with E-state index in [1.54, 1.807) is 13.8 Å². The van der Waals surface area contributed by atoms with Crippen molar-refractivity contribution in [1.29, 1.82) is 0 Å². The largest absolute Gasteiger partial charge is 0.481 e. The summed E-state index contributed by atoms with van der Waals surface area (Å²) in [5, 5.41) is 8.64. The van der Waals surface area contributed by atoms with Crippen molar-refractivity contribution < 1.29 is 18.3 Å². The van der Waals surface area contributed by atoms with Crippen LogP contribution in [-0.4, -0.2) is 37.4 Å². The van der Waals surface area contributed by atoms with Crippen LogP contribution in [0.4, 0.5) is 0 Å². The zero-order chi connectivity index (χ0) is 16.4. The number of sulfonamides is 1. The maximum absolute atomic E-state index is 12.7. The smallest absolute Gasteiger partial charge is 0.303 e. The highest BCUT2D eigenvalue weighted by molar-refractivity contribution is 7.89. The average molecular weight is 313 g/mol. The fourth-order valence-electron chi connectivity index (χ4n) is 2.30. The van der Waals surface area contributed by atoms with E-state index in [1.807, 2.05) is 19.9 Å². The summed E-state index contributed by atoms with van der Waals surface area (Å²) in [6.07, 6.45) is 0.263. The van der Waals surface area contributed by atoms with Crippen LogP contribution >= 0.6 is 0 Å². The molecule has 0 bridgehead atoms. The summed E-state index contributed by atoms with van der Waals surface area (Å²) in [5.74, 6) is -0.917. The molecule has 0 saturated carbocycles. The van der Waals surface area contributed by atoms with E-state index in [0.717, 1.165) is 22.3 Å². The number of hydrogen-bond acceptors (Lipinski definition) is 3. The predicted octanol–water partition coefficient (Wildman–Crippen LogP) is 2.41. The first-order valence-corrected chi connectivity index (χ1v) is 8.28. The van der Waals surface area contributed by atoms with Crippen molar-refractivity contribution >= 4 is 16.0 Å². The van der Waals surface area contributed by atoms with Crippen LogP contribution in [0.15, 0.2) is 11.0 Å². The number of nitrogens with zero attached hydrogens (tertiary/aromatic N) is 1. The van der Waals surface area contributed by atoms with E-state index in [-0.39, 0.29) is 13.0 Å². The minimum absolute atomic E-state index is 0.0370. The lowest BCUT2D eigenvalue weighted by Crippen LogP contribution is -2.29. The first kappa shape index (κ1) is 17.7. The van der Waals surface area contributed by atoms with Crippen LogP contribution in [0.1, 0.15) is 35.1 Å². The molecule has 0 fully saturated rings. The second-order valence-electron chi connectivity index (χ2n) is 5.41. The van der Waals surface area contributed by atoms with Crippen LogP contribution in [0.2, 0.25) is 0 Å². The Bertz CT molecular complexity index is 624. The molecule has 0 unspecified atom stereocenters. The van der Waals surface area contributed by atoms with Gasteiger partial charge in [0.05, 0.1) is 4.90 Å². The third-order valence-corrected chi connectivity index (χ3v) is 5.96. The third-order valence-electron chi connectivity index (χ3n) is 3.83. The third kappa shape index (κ3) is 3.83. The predicted molar refractivity (Wildman–Crippen MR) is 82.1 cm³/mol. The molecule has 5 nitrogen and oxygen atoms in total. The molecule has 21 heavy (non-hydrogen) atoms. The van der Waals surface area contributed by atoms with Crippen LogP contribution in [-0.2, 0) is 14.8 Å². The molecular weight excluding hydrogens is 290 g/mol. The summed E-state index contributed by atoms with van der Waals surface area (Å²) in [6.45, 7) is 7.59. The minimum atomic E-state index is -3.60. The fraction of sp³-hybridized carbons (Fsp3) is 0.533. The van der Waals surface area contributed by atoms with Gasteiger partial charge in [0.15, 0.2) is 0 Å². The molecule has 1 N–H and O–H groups in total. The first-order chi connectivity index (χ1) is 9.59. The van der Waals surface area contributed by atoms with Gasteiger partial charge >= 0.3 is 5.97 Å². The summed E-state index contributed by atoms with van der Waals surface area (Å²) in [6, 6.07) is 1.98. The number of rotatable bonds is 6. The molecule has 0 aliphatic rings. The van der Waals surface area contributed by atoms with Gasteiger partial charge in [-0.3, -0.25) is 4.79 Å². The monoisotopic (exact) mass is 313 g/mol. The Labute approximate surface area is 126 Å². The van der Waals surface area contributed by atoms with Gasteiger partial charge in [-0.05, 0) is 56.4 Å². The lowest BCUT2D eigenvalue weighted by molar-refractivity contribution is -0.137. The molecule has 0 aliphatic carbocycles. The summed E-state index contributed by atoms with van der Waals surface area (Å²) < 4.78 is 26.7. The van der Waals surface area contributed by atoms with Gasteiger partial charge in [0, 0.05) is 20.0 Å². The zero-order valence-electron chi connectivity index (χ0n) is 13.2. The average Bonchev–Trinajstić information content (AvgIpc) is 2.35. The van der Waals surface area contributed by atoms with E-state index in [1.165, 1.54) is 11.4 Å². The van der Waals surface area contributed by atoms with Crippen molar-refractivity contribution in [1.82, 2.24) is 4.31 Å². The standard InChI is InChI=1S/C15H23NO4S/c1-10-9-11(2)13(4)15(12(10)3)21(19,20)16(5)8-6-7-14(17)18/h9H,6-8H2,1-5H3,(H,17,18). The molecule has 0 aliphatic heterocycles.